The second-order valence-electron chi connectivity index (χ2n) is 8.11. The molecule has 7 nitrogen and oxygen atoms in total. The van der Waals surface area contributed by atoms with E-state index in [-0.39, 0.29) is 25.0 Å². The van der Waals surface area contributed by atoms with Crippen molar-refractivity contribution in [3.63, 3.8) is 0 Å². The second kappa shape index (κ2) is 10.6. The van der Waals surface area contributed by atoms with E-state index >= 15 is 0 Å². The first-order valence-electron chi connectivity index (χ1n) is 11.2. The van der Waals surface area contributed by atoms with Gasteiger partial charge in [-0.1, -0.05) is 30.3 Å². The Morgan fingerprint density at radius 3 is 2.43 bits per heavy atom. The van der Waals surface area contributed by atoms with Crippen LogP contribution in [0.3, 0.4) is 0 Å². The molecule has 1 aliphatic heterocycles. The van der Waals surface area contributed by atoms with E-state index in [1.807, 2.05) is 0 Å². The summed E-state index contributed by atoms with van der Waals surface area (Å²) < 4.78 is 29.7. The van der Waals surface area contributed by atoms with Gasteiger partial charge in [-0.3, -0.25) is 9.59 Å². The van der Waals surface area contributed by atoms with Gasteiger partial charge in [0, 0.05) is 25.3 Å². The summed E-state index contributed by atoms with van der Waals surface area (Å²) in [6.45, 7) is 0.549. The van der Waals surface area contributed by atoms with Gasteiger partial charge in [0.05, 0.1) is 38.5 Å². The number of halogens is 1. The van der Waals surface area contributed by atoms with E-state index in [2.05, 4.69) is 5.32 Å². The molecule has 0 spiro atoms. The number of hydrogen-bond donors (Lipinski definition) is 1. The number of anilines is 1. The van der Waals surface area contributed by atoms with E-state index in [0.29, 0.717) is 33.9 Å². The maximum absolute atomic E-state index is 13.9. The Bertz CT molecular complexity index is 1210. The normalized spacial score (nSPS) is 17.0. The van der Waals surface area contributed by atoms with E-state index in [0.717, 1.165) is 0 Å². The number of carbonyl (C=O) groups is 2. The standard InChI is InChI=1S/C27H27FN2O5/c1-33-15-14-30-25(17-8-10-18(28)11-9-17)24(20-6-4-5-7-21(20)27(30)32)26(31)29-22-13-12-19(34-2)16-23(22)35-3/h4-13,16,24-25H,14-15H2,1-3H3,(H,29,31)/t24-,25+/m0/s1. The number of nitrogens with one attached hydrogen (secondary N) is 1. The van der Waals surface area contributed by atoms with E-state index in [1.54, 1.807) is 73.7 Å². The van der Waals surface area contributed by atoms with Gasteiger partial charge in [0.15, 0.2) is 0 Å². The van der Waals surface area contributed by atoms with Crippen molar-refractivity contribution in [3.05, 3.63) is 89.2 Å². The molecule has 1 aliphatic rings. The Balaban J connectivity index is 1.82. The van der Waals surface area contributed by atoms with Gasteiger partial charge in [-0.05, 0) is 41.5 Å². The maximum atomic E-state index is 13.9. The summed E-state index contributed by atoms with van der Waals surface area (Å²) in [4.78, 5) is 29.0. The molecule has 0 unspecified atom stereocenters. The second-order valence-corrected chi connectivity index (χ2v) is 8.11. The van der Waals surface area contributed by atoms with Crippen LogP contribution >= 0.6 is 0 Å². The Labute approximate surface area is 203 Å². The van der Waals surface area contributed by atoms with Crippen molar-refractivity contribution in [1.29, 1.82) is 0 Å². The molecule has 0 saturated heterocycles. The summed E-state index contributed by atoms with van der Waals surface area (Å²) in [6, 6.07) is 17.4. The van der Waals surface area contributed by atoms with Crippen molar-refractivity contribution < 1.29 is 28.2 Å². The maximum Gasteiger partial charge on any atom is 0.254 e. The van der Waals surface area contributed by atoms with Crippen molar-refractivity contribution >= 4 is 17.5 Å². The zero-order valence-electron chi connectivity index (χ0n) is 19.8. The van der Waals surface area contributed by atoms with Gasteiger partial charge in [0.25, 0.3) is 5.91 Å². The fourth-order valence-electron chi connectivity index (χ4n) is 4.45. The van der Waals surface area contributed by atoms with Crippen LogP contribution in [-0.4, -0.2) is 51.2 Å². The molecule has 2 amide bonds. The average Bonchev–Trinajstić information content (AvgIpc) is 2.88. The number of fused-ring (bicyclic) bond motifs is 1. The topological polar surface area (TPSA) is 77.1 Å². The zero-order chi connectivity index (χ0) is 24.9. The van der Waals surface area contributed by atoms with Crippen LogP contribution < -0.4 is 14.8 Å². The number of carbonyl (C=O) groups excluding carboxylic acids is 2. The molecular formula is C27H27FN2O5. The van der Waals surface area contributed by atoms with Crippen LogP contribution in [0.25, 0.3) is 0 Å². The number of benzene rings is 3. The molecule has 0 bridgehead atoms. The smallest absolute Gasteiger partial charge is 0.254 e. The number of hydrogen-bond acceptors (Lipinski definition) is 5. The van der Waals surface area contributed by atoms with E-state index in [1.165, 1.54) is 19.2 Å². The first-order chi connectivity index (χ1) is 17.0. The summed E-state index contributed by atoms with van der Waals surface area (Å²) in [5.74, 6) is -0.680. The molecule has 8 heteroatoms. The molecule has 0 aliphatic carbocycles. The first-order valence-corrected chi connectivity index (χ1v) is 11.2. The van der Waals surface area contributed by atoms with Crippen molar-refractivity contribution in [2.24, 2.45) is 0 Å². The molecule has 0 fully saturated rings. The third-order valence-corrected chi connectivity index (χ3v) is 6.14. The van der Waals surface area contributed by atoms with Crippen molar-refractivity contribution in [3.8, 4) is 11.5 Å². The van der Waals surface area contributed by atoms with Crippen LogP contribution in [0.15, 0.2) is 66.7 Å². The van der Waals surface area contributed by atoms with Crippen LogP contribution in [0.5, 0.6) is 11.5 Å². The molecular weight excluding hydrogens is 451 g/mol. The third kappa shape index (κ3) is 4.83. The highest BCUT2D eigenvalue weighted by Crippen LogP contribution is 2.43. The lowest BCUT2D eigenvalue weighted by atomic mass is 9.79. The number of methoxy groups -OCH3 is 3. The van der Waals surface area contributed by atoms with E-state index < -0.39 is 17.8 Å². The molecule has 4 rings (SSSR count). The predicted molar refractivity (Wildman–Crippen MR) is 129 cm³/mol. The SMILES string of the molecule is COCCN1C(=O)c2ccccc2[C@H](C(=O)Nc2ccc(OC)cc2OC)[C@H]1c1ccc(F)cc1. The van der Waals surface area contributed by atoms with Crippen LogP contribution in [0, 0.1) is 5.82 Å². The highest BCUT2D eigenvalue weighted by Gasteiger charge is 2.44. The van der Waals surface area contributed by atoms with Crippen LogP contribution in [0.4, 0.5) is 10.1 Å². The Morgan fingerprint density at radius 1 is 1.00 bits per heavy atom. The van der Waals surface area contributed by atoms with E-state index in [4.69, 9.17) is 14.2 Å². The molecule has 0 saturated carbocycles. The number of rotatable bonds is 8. The summed E-state index contributed by atoms with van der Waals surface area (Å²) in [5, 5.41) is 2.96. The van der Waals surface area contributed by atoms with Gasteiger partial charge < -0.3 is 24.4 Å². The minimum absolute atomic E-state index is 0.210. The van der Waals surface area contributed by atoms with Gasteiger partial charge in [-0.2, -0.15) is 0 Å². The Kier molecular flexibility index (Phi) is 7.31. The minimum atomic E-state index is -0.766. The number of ether oxygens (including phenoxy) is 3. The first kappa shape index (κ1) is 24.2. The van der Waals surface area contributed by atoms with Crippen LogP contribution in [-0.2, 0) is 9.53 Å². The van der Waals surface area contributed by atoms with Crippen molar-refractivity contribution in [1.82, 2.24) is 4.90 Å². The molecule has 182 valence electrons. The molecule has 3 aromatic carbocycles. The van der Waals surface area contributed by atoms with Gasteiger partial charge in [0.1, 0.15) is 17.3 Å². The summed E-state index contributed by atoms with van der Waals surface area (Å²) in [6.07, 6.45) is 0. The number of amides is 2. The van der Waals surface area contributed by atoms with E-state index in [9.17, 15) is 14.0 Å². The average molecular weight is 479 g/mol. The van der Waals surface area contributed by atoms with Gasteiger partial charge in [-0.15, -0.1) is 0 Å². The summed E-state index contributed by atoms with van der Waals surface area (Å²) in [7, 11) is 4.60. The molecule has 2 atom stereocenters. The zero-order valence-corrected chi connectivity index (χ0v) is 19.8. The molecule has 0 radical (unpaired) electrons. The molecule has 0 aromatic heterocycles. The summed E-state index contributed by atoms with van der Waals surface area (Å²) >= 11 is 0. The largest absolute Gasteiger partial charge is 0.497 e. The van der Waals surface area contributed by atoms with Gasteiger partial charge >= 0.3 is 0 Å². The quantitative estimate of drug-likeness (QED) is 0.519. The predicted octanol–water partition coefficient (Wildman–Crippen LogP) is 4.41. The lowest BCUT2D eigenvalue weighted by Gasteiger charge is -2.41. The van der Waals surface area contributed by atoms with Crippen LogP contribution in [0.2, 0.25) is 0 Å². The lowest BCUT2D eigenvalue weighted by Crippen LogP contribution is -2.47. The number of nitrogens with zero attached hydrogens (tertiary/aromatic N) is 1. The lowest BCUT2D eigenvalue weighted by molar-refractivity contribution is -0.119. The fourth-order valence-corrected chi connectivity index (χ4v) is 4.45. The van der Waals surface area contributed by atoms with Crippen LogP contribution in [0.1, 0.15) is 33.4 Å². The van der Waals surface area contributed by atoms with Crippen molar-refractivity contribution in [2.45, 2.75) is 12.0 Å². The molecule has 3 aromatic rings. The highest BCUT2D eigenvalue weighted by molar-refractivity contribution is 6.04. The molecule has 1 N–H and O–H groups in total. The Morgan fingerprint density at radius 2 is 1.74 bits per heavy atom. The fraction of sp³-hybridized carbons (Fsp3) is 0.259. The highest BCUT2D eigenvalue weighted by atomic mass is 19.1. The molecule has 1 heterocycles. The monoisotopic (exact) mass is 478 g/mol. The minimum Gasteiger partial charge on any atom is -0.497 e. The van der Waals surface area contributed by atoms with Gasteiger partial charge in [-0.25, -0.2) is 4.39 Å². The third-order valence-electron chi connectivity index (χ3n) is 6.14. The molecule has 35 heavy (non-hydrogen) atoms. The summed E-state index contributed by atoms with van der Waals surface area (Å²) in [5.41, 5.74) is 2.16. The van der Waals surface area contributed by atoms with Crippen molar-refractivity contribution in [2.75, 3.05) is 39.8 Å². The van der Waals surface area contributed by atoms with Gasteiger partial charge in [0.2, 0.25) is 5.91 Å². The Hall–Kier alpha value is -3.91.